The number of nitrogens with zero attached hydrogens (tertiary/aromatic N) is 1. The summed E-state index contributed by atoms with van der Waals surface area (Å²) < 4.78 is 18.8. The van der Waals surface area contributed by atoms with Crippen LogP contribution in [0.25, 0.3) is 10.9 Å². The summed E-state index contributed by atoms with van der Waals surface area (Å²) in [5.74, 6) is -0.547. The van der Waals surface area contributed by atoms with E-state index in [4.69, 9.17) is 4.74 Å². The monoisotopic (exact) mass is 346 g/mol. The topological polar surface area (TPSA) is 71.5 Å². The molecule has 0 bridgehead atoms. The van der Waals surface area contributed by atoms with E-state index in [1.54, 1.807) is 13.0 Å². The summed E-state index contributed by atoms with van der Waals surface area (Å²) >= 11 is 0. The van der Waals surface area contributed by atoms with Gasteiger partial charge in [0.25, 0.3) is 0 Å². The van der Waals surface area contributed by atoms with E-state index >= 15 is 0 Å². The summed E-state index contributed by atoms with van der Waals surface area (Å²) in [7, 11) is 0. The lowest BCUT2D eigenvalue weighted by Crippen LogP contribution is -2.25. The van der Waals surface area contributed by atoms with E-state index in [9.17, 15) is 14.3 Å². The molecule has 1 heterocycles. The molecule has 0 aliphatic heterocycles. The van der Waals surface area contributed by atoms with Crippen molar-refractivity contribution in [3.05, 3.63) is 35.8 Å². The summed E-state index contributed by atoms with van der Waals surface area (Å²) in [4.78, 5) is 16.5. The van der Waals surface area contributed by atoms with Gasteiger partial charge in [-0.15, -0.1) is 0 Å². The molecule has 1 aliphatic carbocycles. The van der Waals surface area contributed by atoms with Gasteiger partial charge >= 0.3 is 5.97 Å². The highest BCUT2D eigenvalue weighted by Gasteiger charge is 2.22. The number of rotatable bonds is 5. The predicted octanol–water partition coefficient (Wildman–Crippen LogP) is 3.51. The van der Waals surface area contributed by atoms with Crippen molar-refractivity contribution in [2.45, 2.75) is 38.7 Å². The van der Waals surface area contributed by atoms with E-state index in [1.165, 1.54) is 18.3 Å². The molecule has 1 aromatic carbocycles. The van der Waals surface area contributed by atoms with Crippen molar-refractivity contribution < 1.29 is 19.0 Å². The molecule has 1 aromatic heterocycles. The number of aliphatic hydroxyl groups excluding tert-OH is 1. The van der Waals surface area contributed by atoms with Crippen LogP contribution in [0, 0.1) is 11.7 Å². The van der Waals surface area contributed by atoms with Crippen LogP contribution in [0.5, 0.6) is 0 Å². The van der Waals surface area contributed by atoms with Crippen molar-refractivity contribution in [1.82, 2.24) is 4.98 Å². The van der Waals surface area contributed by atoms with E-state index in [0.29, 0.717) is 34.6 Å². The summed E-state index contributed by atoms with van der Waals surface area (Å²) in [6.45, 7) is 2.61. The molecule has 2 atom stereocenters. The first-order valence-electron chi connectivity index (χ1n) is 8.75. The maximum atomic E-state index is 13.7. The average molecular weight is 346 g/mol. The maximum Gasteiger partial charge on any atom is 0.341 e. The number of ether oxygens (including phenoxy) is 1. The molecule has 2 unspecified atom stereocenters. The quantitative estimate of drug-likeness (QED) is 0.811. The molecule has 6 heteroatoms. The van der Waals surface area contributed by atoms with Crippen molar-refractivity contribution in [2.24, 2.45) is 5.92 Å². The highest BCUT2D eigenvalue weighted by Crippen LogP contribution is 2.30. The van der Waals surface area contributed by atoms with Crippen LogP contribution in [0.3, 0.4) is 0 Å². The van der Waals surface area contributed by atoms with Crippen molar-refractivity contribution in [1.29, 1.82) is 0 Å². The lowest BCUT2D eigenvalue weighted by Gasteiger charge is -2.26. The fourth-order valence-corrected chi connectivity index (χ4v) is 3.41. The van der Waals surface area contributed by atoms with Gasteiger partial charge < -0.3 is 15.2 Å². The Balaban J connectivity index is 1.92. The Bertz CT molecular complexity index is 766. The molecule has 0 saturated heterocycles. The average Bonchev–Trinajstić information content (AvgIpc) is 2.59. The highest BCUT2D eigenvalue weighted by atomic mass is 19.1. The first-order valence-corrected chi connectivity index (χ1v) is 8.75. The molecule has 0 amide bonds. The molecule has 2 N–H and O–H groups in total. The second kappa shape index (κ2) is 7.78. The number of hydrogen-bond donors (Lipinski definition) is 2. The molecule has 1 saturated carbocycles. The molecule has 134 valence electrons. The Hall–Kier alpha value is -2.21. The Morgan fingerprint density at radius 2 is 2.28 bits per heavy atom. The van der Waals surface area contributed by atoms with Gasteiger partial charge in [-0.05, 0) is 50.3 Å². The molecule has 3 rings (SSSR count). The van der Waals surface area contributed by atoms with Gasteiger partial charge in [0.15, 0.2) is 0 Å². The molecule has 5 nitrogen and oxygen atoms in total. The zero-order valence-electron chi connectivity index (χ0n) is 14.3. The van der Waals surface area contributed by atoms with Gasteiger partial charge in [-0.2, -0.15) is 0 Å². The zero-order chi connectivity index (χ0) is 17.8. The molecular formula is C19H23FN2O3. The Morgan fingerprint density at radius 1 is 1.44 bits per heavy atom. The number of nitrogens with one attached hydrogen (secondary N) is 1. The van der Waals surface area contributed by atoms with Crippen molar-refractivity contribution >= 4 is 22.6 Å². The van der Waals surface area contributed by atoms with E-state index in [2.05, 4.69) is 10.3 Å². The van der Waals surface area contributed by atoms with Crippen LogP contribution in [0.1, 0.15) is 43.0 Å². The van der Waals surface area contributed by atoms with Crippen LogP contribution in [-0.4, -0.2) is 35.3 Å². The van der Waals surface area contributed by atoms with Crippen LogP contribution in [-0.2, 0) is 4.74 Å². The van der Waals surface area contributed by atoms with Crippen LogP contribution < -0.4 is 5.32 Å². The lowest BCUT2D eigenvalue weighted by molar-refractivity contribution is 0.0527. The van der Waals surface area contributed by atoms with E-state index in [1.807, 2.05) is 0 Å². The first kappa shape index (κ1) is 17.6. The Labute approximate surface area is 146 Å². The van der Waals surface area contributed by atoms with Gasteiger partial charge in [-0.25, -0.2) is 9.18 Å². The van der Waals surface area contributed by atoms with Crippen LogP contribution in [0.15, 0.2) is 24.4 Å². The summed E-state index contributed by atoms with van der Waals surface area (Å²) in [6, 6.07) is 4.32. The summed E-state index contributed by atoms with van der Waals surface area (Å²) in [5.41, 5.74) is 1.46. The predicted molar refractivity (Wildman–Crippen MR) is 94.1 cm³/mol. The number of hydrogen-bond acceptors (Lipinski definition) is 5. The number of fused-ring (bicyclic) bond motifs is 1. The number of aliphatic hydroxyl groups is 1. The molecule has 2 aromatic rings. The van der Waals surface area contributed by atoms with Crippen LogP contribution >= 0.6 is 0 Å². The van der Waals surface area contributed by atoms with E-state index < -0.39 is 5.97 Å². The lowest BCUT2D eigenvalue weighted by atomic mass is 9.87. The van der Waals surface area contributed by atoms with Crippen molar-refractivity contribution in [3.63, 3.8) is 0 Å². The molecule has 1 fully saturated rings. The number of anilines is 1. The second-order valence-corrected chi connectivity index (χ2v) is 6.50. The third kappa shape index (κ3) is 4.07. The Morgan fingerprint density at radius 3 is 3.04 bits per heavy atom. The van der Waals surface area contributed by atoms with E-state index in [0.717, 1.165) is 25.7 Å². The second-order valence-electron chi connectivity index (χ2n) is 6.50. The molecule has 25 heavy (non-hydrogen) atoms. The Kier molecular flexibility index (Phi) is 5.48. The minimum atomic E-state index is -0.479. The fourth-order valence-electron chi connectivity index (χ4n) is 3.41. The van der Waals surface area contributed by atoms with E-state index in [-0.39, 0.29) is 18.5 Å². The van der Waals surface area contributed by atoms with Crippen molar-refractivity contribution in [3.8, 4) is 0 Å². The maximum absolute atomic E-state index is 13.7. The number of benzene rings is 1. The van der Waals surface area contributed by atoms with Gasteiger partial charge in [0.2, 0.25) is 0 Å². The van der Waals surface area contributed by atoms with Crippen LogP contribution in [0.2, 0.25) is 0 Å². The van der Waals surface area contributed by atoms with Gasteiger partial charge in [-0.3, -0.25) is 4.98 Å². The highest BCUT2D eigenvalue weighted by molar-refractivity contribution is 6.04. The van der Waals surface area contributed by atoms with Crippen LogP contribution in [0.4, 0.5) is 10.1 Å². The number of pyridine rings is 1. The summed E-state index contributed by atoms with van der Waals surface area (Å²) in [5, 5.41) is 13.7. The number of carbonyl (C=O) groups excluding carboxylic acids is 1. The SMILES string of the molecule is CCOC(=O)c1cnc2ccc(F)cc2c1NCC1CCCC(O)C1. The largest absolute Gasteiger partial charge is 0.462 e. The molecular weight excluding hydrogens is 323 g/mol. The number of esters is 1. The number of aromatic nitrogens is 1. The normalized spacial score (nSPS) is 20.4. The standard InChI is InChI=1S/C19H23FN2O3/c1-2-25-19(24)16-11-21-17-7-6-13(20)9-15(17)18(16)22-10-12-4-3-5-14(23)8-12/h6-7,9,11-12,14,23H,2-5,8,10H2,1H3,(H,21,22). The zero-order valence-corrected chi connectivity index (χ0v) is 14.3. The third-order valence-electron chi connectivity index (χ3n) is 4.65. The van der Waals surface area contributed by atoms with Crippen molar-refractivity contribution in [2.75, 3.05) is 18.5 Å². The minimum absolute atomic E-state index is 0.258. The molecule has 0 radical (unpaired) electrons. The smallest absolute Gasteiger partial charge is 0.341 e. The van der Waals surface area contributed by atoms with Gasteiger partial charge in [0, 0.05) is 18.1 Å². The number of carbonyl (C=O) groups is 1. The molecule has 0 spiro atoms. The molecule has 1 aliphatic rings. The van der Waals surface area contributed by atoms with Gasteiger partial charge in [0.1, 0.15) is 11.4 Å². The summed E-state index contributed by atoms with van der Waals surface area (Å²) in [6.07, 6.45) is 4.79. The first-order chi connectivity index (χ1) is 12.1. The van der Waals surface area contributed by atoms with Gasteiger partial charge in [0.05, 0.1) is 23.9 Å². The number of halogens is 1. The third-order valence-corrected chi connectivity index (χ3v) is 4.65. The minimum Gasteiger partial charge on any atom is -0.462 e. The van der Waals surface area contributed by atoms with Gasteiger partial charge in [-0.1, -0.05) is 6.42 Å². The fraction of sp³-hybridized carbons (Fsp3) is 0.474.